The van der Waals surface area contributed by atoms with Crippen molar-refractivity contribution in [2.45, 2.75) is 6.92 Å². The molecule has 72 valence electrons. The Kier molecular flexibility index (Phi) is 2.00. The van der Waals surface area contributed by atoms with E-state index in [1.54, 1.807) is 13.3 Å². The maximum Gasteiger partial charge on any atom is 0.189 e. The molecule has 0 aliphatic carbocycles. The highest BCUT2D eigenvalue weighted by molar-refractivity contribution is 5.86. The lowest BCUT2D eigenvalue weighted by molar-refractivity contribution is 0.419. The van der Waals surface area contributed by atoms with Crippen molar-refractivity contribution in [1.29, 1.82) is 0 Å². The number of rotatable bonds is 1. The molecule has 0 spiro atoms. The van der Waals surface area contributed by atoms with Gasteiger partial charge in [0.05, 0.1) is 18.0 Å². The standard InChI is InChI=1S/C11H11NO2/c1-7-3-4-9(14-2)11-10(7)8(13)5-6-12-11/h3-6H,1-2H3,(H,12,13). The van der Waals surface area contributed by atoms with Gasteiger partial charge in [-0.3, -0.25) is 4.79 Å². The quantitative estimate of drug-likeness (QED) is 0.743. The molecule has 1 aromatic heterocycles. The fourth-order valence-corrected chi connectivity index (χ4v) is 1.60. The summed E-state index contributed by atoms with van der Waals surface area (Å²) >= 11 is 0. The third kappa shape index (κ3) is 1.18. The van der Waals surface area contributed by atoms with E-state index in [0.29, 0.717) is 11.1 Å². The molecule has 0 amide bonds. The second-order valence-electron chi connectivity index (χ2n) is 3.18. The minimum absolute atomic E-state index is 0.0233. The lowest BCUT2D eigenvalue weighted by Crippen LogP contribution is -2.03. The summed E-state index contributed by atoms with van der Waals surface area (Å²) in [6, 6.07) is 5.26. The van der Waals surface area contributed by atoms with Crippen LogP contribution in [0.15, 0.2) is 29.2 Å². The van der Waals surface area contributed by atoms with Gasteiger partial charge >= 0.3 is 0 Å². The van der Waals surface area contributed by atoms with Crippen LogP contribution in [0, 0.1) is 6.92 Å². The number of nitrogens with one attached hydrogen (secondary N) is 1. The Morgan fingerprint density at radius 1 is 1.29 bits per heavy atom. The number of hydrogen-bond acceptors (Lipinski definition) is 2. The first-order valence-corrected chi connectivity index (χ1v) is 4.39. The zero-order valence-electron chi connectivity index (χ0n) is 8.13. The number of fused-ring (bicyclic) bond motifs is 1. The average Bonchev–Trinajstić information content (AvgIpc) is 2.18. The number of benzene rings is 1. The van der Waals surface area contributed by atoms with E-state index in [1.165, 1.54) is 6.07 Å². The summed E-state index contributed by atoms with van der Waals surface area (Å²) in [5, 5.41) is 0.701. The maximum absolute atomic E-state index is 11.6. The molecule has 1 heterocycles. The first kappa shape index (κ1) is 8.81. The Labute approximate surface area is 81.3 Å². The highest BCUT2D eigenvalue weighted by Gasteiger charge is 2.06. The number of methoxy groups -OCH3 is 1. The number of aryl methyl sites for hydroxylation is 1. The number of pyridine rings is 1. The average molecular weight is 189 g/mol. The van der Waals surface area contributed by atoms with Crippen molar-refractivity contribution >= 4 is 10.9 Å². The summed E-state index contributed by atoms with van der Waals surface area (Å²) in [5.41, 5.74) is 1.75. The zero-order valence-corrected chi connectivity index (χ0v) is 8.13. The van der Waals surface area contributed by atoms with Gasteiger partial charge < -0.3 is 9.72 Å². The minimum atomic E-state index is 0.0233. The number of H-pyrrole nitrogens is 1. The van der Waals surface area contributed by atoms with E-state index in [1.807, 2.05) is 19.1 Å². The normalized spacial score (nSPS) is 10.4. The lowest BCUT2D eigenvalue weighted by atomic mass is 10.1. The second kappa shape index (κ2) is 3.18. The van der Waals surface area contributed by atoms with Crippen LogP contribution in [0.4, 0.5) is 0 Å². The van der Waals surface area contributed by atoms with Crippen molar-refractivity contribution in [1.82, 2.24) is 4.98 Å². The molecule has 2 rings (SSSR count). The van der Waals surface area contributed by atoms with Gasteiger partial charge in [0.2, 0.25) is 0 Å². The van der Waals surface area contributed by atoms with Crippen molar-refractivity contribution in [3.05, 3.63) is 40.2 Å². The van der Waals surface area contributed by atoms with Crippen molar-refractivity contribution in [3.63, 3.8) is 0 Å². The predicted molar refractivity (Wildman–Crippen MR) is 55.9 cm³/mol. The molecule has 0 saturated carbocycles. The van der Waals surface area contributed by atoms with Gasteiger partial charge in [-0.05, 0) is 18.6 Å². The molecular weight excluding hydrogens is 178 g/mol. The molecule has 14 heavy (non-hydrogen) atoms. The van der Waals surface area contributed by atoms with E-state index in [0.717, 1.165) is 11.1 Å². The first-order valence-electron chi connectivity index (χ1n) is 4.39. The molecule has 0 atom stereocenters. The summed E-state index contributed by atoms with van der Waals surface area (Å²) in [6.45, 7) is 1.91. The van der Waals surface area contributed by atoms with Gasteiger partial charge in [0.25, 0.3) is 0 Å². The summed E-state index contributed by atoms with van der Waals surface area (Å²) in [7, 11) is 1.59. The van der Waals surface area contributed by atoms with E-state index in [2.05, 4.69) is 4.98 Å². The SMILES string of the molecule is COc1ccc(C)c2c(=O)cc[nH]c12. The summed E-state index contributed by atoms with van der Waals surface area (Å²) in [5.74, 6) is 0.698. The number of ether oxygens (including phenoxy) is 1. The van der Waals surface area contributed by atoms with E-state index >= 15 is 0 Å². The summed E-state index contributed by atoms with van der Waals surface area (Å²) in [4.78, 5) is 14.6. The summed E-state index contributed by atoms with van der Waals surface area (Å²) < 4.78 is 5.17. The van der Waals surface area contributed by atoms with Crippen LogP contribution >= 0.6 is 0 Å². The molecule has 0 aliphatic rings. The molecule has 0 bridgehead atoms. The van der Waals surface area contributed by atoms with Crippen molar-refractivity contribution in [2.75, 3.05) is 7.11 Å². The van der Waals surface area contributed by atoms with Gasteiger partial charge in [-0.15, -0.1) is 0 Å². The highest BCUT2D eigenvalue weighted by Crippen LogP contribution is 2.23. The highest BCUT2D eigenvalue weighted by atomic mass is 16.5. The molecule has 1 aromatic carbocycles. The third-order valence-electron chi connectivity index (χ3n) is 2.30. The monoisotopic (exact) mass is 189 g/mol. The molecule has 0 aliphatic heterocycles. The summed E-state index contributed by atoms with van der Waals surface area (Å²) in [6.07, 6.45) is 1.63. The van der Waals surface area contributed by atoms with Gasteiger partial charge in [-0.1, -0.05) is 6.07 Å². The van der Waals surface area contributed by atoms with E-state index in [-0.39, 0.29) is 5.43 Å². The molecule has 3 heteroatoms. The number of aromatic nitrogens is 1. The largest absolute Gasteiger partial charge is 0.495 e. The van der Waals surface area contributed by atoms with Crippen molar-refractivity contribution in [3.8, 4) is 5.75 Å². The van der Waals surface area contributed by atoms with Crippen LogP contribution in [-0.2, 0) is 0 Å². The number of hydrogen-bond donors (Lipinski definition) is 1. The molecule has 0 unspecified atom stereocenters. The van der Waals surface area contributed by atoms with Gasteiger partial charge in [-0.2, -0.15) is 0 Å². The second-order valence-corrected chi connectivity index (χ2v) is 3.18. The smallest absolute Gasteiger partial charge is 0.189 e. The van der Waals surface area contributed by atoms with E-state index < -0.39 is 0 Å². The Balaban J connectivity index is 2.99. The zero-order chi connectivity index (χ0) is 10.1. The molecule has 0 saturated heterocycles. The van der Waals surface area contributed by atoms with Gasteiger partial charge in [0.15, 0.2) is 5.43 Å². The fraction of sp³-hybridized carbons (Fsp3) is 0.182. The van der Waals surface area contributed by atoms with E-state index in [9.17, 15) is 4.79 Å². The molecule has 0 fully saturated rings. The molecular formula is C11H11NO2. The van der Waals surface area contributed by atoms with Crippen LogP contribution in [0.25, 0.3) is 10.9 Å². The molecule has 1 N–H and O–H groups in total. The van der Waals surface area contributed by atoms with Crippen LogP contribution in [0.5, 0.6) is 5.75 Å². The Bertz CT molecular complexity index is 528. The Morgan fingerprint density at radius 3 is 2.79 bits per heavy atom. The van der Waals surface area contributed by atoms with Crippen LogP contribution in [0.1, 0.15) is 5.56 Å². The lowest BCUT2D eigenvalue weighted by Gasteiger charge is -2.06. The topological polar surface area (TPSA) is 42.1 Å². The predicted octanol–water partition coefficient (Wildman–Crippen LogP) is 1.85. The van der Waals surface area contributed by atoms with Crippen LogP contribution in [0.2, 0.25) is 0 Å². The van der Waals surface area contributed by atoms with Gasteiger partial charge in [0, 0.05) is 12.3 Å². The fourth-order valence-electron chi connectivity index (χ4n) is 1.60. The number of aromatic amines is 1. The molecule has 3 nitrogen and oxygen atoms in total. The Hall–Kier alpha value is -1.77. The van der Waals surface area contributed by atoms with Crippen LogP contribution in [0.3, 0.4) is 0 Å². The maximum atomic E-state index is 11.6. The van der Waals surface area contributed by atoms with Gasteiger partial charge in [-0.25, -0.2) is 0 Å². The van der Waals surface area contributed by atoms with Crippen LogP contribution in [-0.4, -0.2) is 12.1 Å². The van der Waals surface area contributed by atoms with Crippen LogP contribution < -0.4 is 10.2 Å². The van der Waals surface area contributed by atoms with Gasteiger partial charge in [0.1, 0.15) is 5.75 Å². The minimum Gasteiger partial charge on any atom is -0.495 e. The molecule has 0 radical (unpaired) electrons. The third-order valence-corrected chi connectivity index (χ3v) is 2.30. The van der Waals surface area contributed by atoms with Crippen molar-refractivity contribution in [2.24, 2.45) is 0 Å². The Morgan fingerprint density at radius 2 is 2.07 bits per heavy atom. The van der Waals surface area contributed by atoms with Crippen molar-refractivity contribution < 1.29 is 4.74 Å². The first-order chi connectivity index (χ1) is 6.74. The molecule has 2 aromatic rings. The van der Waals surface area contributed by atoms with E-state index in [4.69, 9.17) is 4.74 Å².